The molecule has 3 N–H and O–H groups in total. The average Bonchev–Trinajstić information content (AvgIpc) is 2.89. The molecule has 0 fully saturated rings. The van der Waals surface area contributed by atoms with Gasteiger partial charge in [0, 0.05) is 17.8 Å². The zero-order valence-corrected chi connectivity index (χ0v) is 17.4. The van der Waals surface area contributed by atoms with Crippen molar-refractivity contribution in [1.29, 1.82) is 5.41 Å². The SMILES string of the molecule is N=c1sc2ccccc2nc(Nc2ccccc2)/c1=N/Nc1ccc([N+](=O)[O-])cc1Cl. The predicted octanol–water partition coefficient (Wildman–Crippen LogP) is 5.01. The summed E-state index contributed by atoms with van der Waals surface area (Å²) < 4.78 is 1.01. The van der Waals surface area contributed by atoms with Crippen molar-refractivity contribution in [3.8, 4) is 0 Å². The highest BCUT2D eigenvalue weighted by atomic mass is 35.5. The zero-order valence-electron chi connectivity index (χ0n) is 15.9. The molecule has 0 bridgehead atoms. The second-order valence-electron chi connectivity index (χ2n) is 6.34. The van der Waals surface area contributed by atoms with Gasteiger partial charge in [-0.25, -0.2) is 4.98 Å². The van der Waals surface area contributed by atoms with Crippen LogP contribution in [0.3, 0.4) is 0 Å². The van der Waals surface area contributed by atoms with Crippen molar-refractivity contribution in [3.63, 3.8) is 0 Å². The van der Waals surface area contributed by atoms with Gasteiger partial charge in [0.1, 0.15) is 4.67 Å². The van der Waals surface area contributed by atoms with Gasteiger partial charge in [0.15, 0.2) is 11.2 Å². The van der Waals surface area contributed by atoms with Crippen LogP contribution in [0, 0.1) is 15.5 Å². The van der Waals surface area contributed by atoms with Crippen molar-refractivity contribution in [1.82, 2.24) is 4.98 Å². The number of nitrogens with zero attached hydrogens (tertiary/aromatic N) is 3. The summed E-state index contributed by atoms with van der Waals surface area (Å²) in [6, 6.07) is 21.0. The van der Waals surface area contributed by atoms with Crippen LogP contribution in [-0.2, 0) is 0 Å². The first-order valence-corrected chi connectivity index (χ1v) is 10.3. The first kappa shape index (κ1) is 20.5. The molecule has 154 valence electrons. The van der Waals surface area contributed by atoms with E-state index in [-0.39, 0.29) is 20.7 Å². The lowest BCUT2D eigenvalue weighted by Crippen LogP contribution is -2.25. The van der Waals surface area contributed by atoms with Crippen molar-refractivity contribution in [2.24, 2.45) is 5.10 Å². The Hall–Kier alpha value is -3.82. The van der Waals surface area contributed by atoms with Gasteiger partial charge in [-0.05, 0) is 30.3 Å². The fourth-order valence-electron chi connectivity index (χ4n) is 2.75. The number of non-ortho nitro benzene ring substituents is 1. The highest BCUT2D eigenvalue weighted by molar-refractivity contribution is 7.15. The second-order valence-corrected chi connectivity index (χ2v) is 7.80. The second kappa shape index (κ2) is 8.90. The standard InChI is InChI=1S/C21H15ClN6O2S/c22-15-12-14(28(29)30)10-11-16(15)26-27-19-20(23)31-18-9-5-4-8-17(18)25-21(19)24-13-6-2-1-3-7-13/h1-12,23,26H,(H,24,25)/b23-20?,27-19+. The highest BCUT2D eigenvalue weighted by Gasteiger charge is 2.10. The van der Waals surface area contributed by atoms with E-state index in [1.807, 2.05) is 54.6 Å². The fourth-order valence-corrected chi connectivity index (χ4v) is 3.79. The summed E-state index contributed by atoms with van der Waals surface area (Å²) in [5.74, 6) is 0.388. The molecule has 0 aliphatic heterocycles. The van der Waals surface area contributed by atoms with Crippen molar-refractivity contribution in [2.45, 2.75) is 0 Å². The number of para-hydroxylation sites is 2. The molecule has 0 aliphatic carbocycles. The van der Waals surface area contributed by atoms with E-state index < -0.39 is 4.92 Å². The van der Waals surface area contributed by atoms with Gasteiger partial charge in [-0.1, -0.05) is 41.9 Å². The fraction of sp³-hybridized carbons (Fsp3) is 0. The van der Waals surface area contributed by atoms with Crippen LogP contribution in [0.15, 0.2) is 77.9 Å². The smallest absolute Gasteiger partial charge is 0.271 e. The lowest BCUT2D eigenvalue weighted by Gasteiger charge is -2.05. The van der Waals surface area contributed by atoms with E-state index in [4.69, 9.17) is 17.0 Å². The number of nitro benzene ring substituents is 1. The van der Waals surface area contributed by atoms with Crippen LogP contribution < -0.4 is 20.8 Å². The number of benzene rings is 3. The van der Waals surface area contributed by atoms with Gasteiger partial charge in [0.25, 0.3) is 5.69 Å². The number of anilines is 3. The molecule has 31 heavy (non-hydrogen) atoms. The molecule has 0 saturated heterocycles. The molecule has 0 spiro atoms. The third-order valence-corrected chi connectivity index (χ3v) is 5.51. The predicted molar refractivity (Wildman–Crippen MR) is 122 cm³/mol. The maximum atomic E-state index is 10.9. The average molecular weight is 451 g/mol. The normalized spacial score (nSPS) is 11.3. The van der Waals surface area contributed by atoms with Crippen LogP contribution in [0.1, 0.15) is 0 Å². The minimum atomic E-state index is -0.523. The first-order valence-electron chi connectivity index (χ1n) is 9.06. The summed E-state index contributed by atoms with van der Waals surface area (Å²) in [5.41, 5.74) is 4.57. The Bertz CT molecular complexity index is 1410. The quantitative estimate of drug-likeness (QED) is 0.292. The van der Waals surface area contributed by atoms with Gasteiger partial charge >= 0.3 is 0 Å². The van der Waals surface area contributed by atoms with Crippen LogP contribution in [0.4, 0.5) is 22.9 Å². The lowest BCUT2D eigenvalue weighted by molar-refractivity contribution is -0.384. The monoisotopic (exact) mass is 450 g/mol. The Morgan fingerprint density at radius 1 is 1.06 bits per heavy atom. The van der Waals surface area contributed by atoms with Crippen molar-refractivity contribution < 1.29 is 4.92 Å². The van der Waals surface area contributed by atoms with Gasteiger partial charge < -0.3 is 5.32 Å². The van der Waals surface area contributed by atoms with Crippen molar-refractivity contribution in [2.75, 3.05) is 10.7 Å². The number of hydrogen-bond donors (Lipinski definition) is 3. The molecule has 1 heterocycles. The first-order chi connectivity index (χ1) is 15.0. The number of aromatic nitrogens is 1. The maximum Gasteiger partial charge on any atom is 0.271 e. The highest BCUT2D eigenvalue weighted by Crippen LogP contribution is 2.26. The number of fused-ring (bicyclic) bond motifs is 1. The molecule has 0 unspecified atom stereocenters. The van der Waals surface area contributed by atoms with Gasteiger partial charge in [0.05, 0.1) is 25.8 Å². The van der Waals surface area contributed by atoms with Gasteiger partial charge in [-0.3, -0.25) is 20.9 Å². The van der Waals surface area contributed by atoms with Gasteiger partial charge in [-0.15, -0.1) is 11.3 Å². The van der Waals surface area contributed by atoms with Crippen LogP contribution in [0.2, 0.25) is 5.02 Å². The molecule has 4 aromatic rings. The number of nitro groups is 1. The van der Waals surface area contributed by atoms with Crippen LogP contribution in [0.5, 0.6) is 0 Å². The molecular weight excluding hydrogens is 436 g/mol. The summed E-state index contributed by atoms with van der Waals surface area (Å²) >= 11 is 7.39. The zero-order chi connectivity index (χ0) is 21.8. The Morgan fingerprint density at radius 3 is 2.55 bits per heavy atom. The van der Waals surface area contributed by atoms with Gasteiger partial charge in [-0.2, -0.15) is 5.10 Å². The van der Waals surface area contributed by atoms with E-state index in [1.54, 1.807) is 0 Å². The Kier molecular flexibility index (Phi) is 5.87. The molecular formula is C21H15ClN6O2S. The number of hydrogen-bond acceptors (Lipinski definition) is 8. The minimum absolute atomic E-state index is 0.121. The maximum absolute atomic E-state index is 10.9. The molecule has 8 nitrogen and oxygen atoms in total. The van der Waals surface area contributed by atoms with Crippen LogP contribution in [0.25, 0.3) is 10.2 Å². The topological polar surface area (TPSA) is 116 Å². The summed E-state index contributed by atoms with van der Waals surface area (Å²) in [4.78, 5) is 15.1. The Labute approximate surface area is 185 Å². The molecule has 0 aliphatic rings. The summed E-state index contributed by atoms with van der Waals surface area (Å²) in [7, 11) is 0. The van der Waals surface area contributed by atoms with Crippen LogP contribution in [-0.4, -0.2) is 9.91 Å². The minimum Gasteiger partial charge on any atom is -0.338 e. The van der Waals surface area contributed by atoms with E-state index in [0.29, 0.717) is 17.0 Å². The third kappa shape index (κ3) is 4.68. The largest absolute Gasteiger partial charge is 0.338 e. The number of nitrogens with one attached hydrogen (secondary N) is 3. The van der Waals surface area contributed by atoms with E-state index in [1.165, 1.54) is 29.5 Å². The van der Waals surface area contributed by atoms with Crippen LogP contribution >= 0.6 is 22.9 Å². The van der Waals surface area contributed by atoms with E-state index >= 15 is 0 Å². The van der Waals surface area contributed by atoms with E-state index in [0.717, 1.165) is 10.4 Å². The molecule has 0 radical (unpaired) electrons. The molecule has 0 atom stereocenters. The molecule has 1 aromatic heterocycles. The third-order valence-electron chi connectivity index (χ3n) is 4.24. The molecule has 4 rings (SSSR count). The Morgan fingerprint density at radius 2 is 1.81 bits per heavy atom. The Balaban J connectivity index is 1.85. The van der Waals surface area contributed by atoms with E-state index in [2.05, 4.69) is 20.8 Å². The summed E-state index contributed by atoms with van der Waals surface area (Å²) in [6.07, 6.45) is 0. The molecule has 0 amide bonds. The molecule has 0 saturated carbocycles. The van der Waals surface area contributed by atoms with Crippen molar-refractivity contribution in [3.05, 3.63) is 98.0 Å². The van der Waals surface area contributed by atoms with E-state index in [9.17, 15) is 10.1 Å². The summed E-state index contributed by atoms with van der Waals surface area (Å²) in [5, 5.41) is 27.5. The molecule has 10 heteroatoms. The number of rotatable bonds is 5. The molecule has 3 aromatic carbocycles. The van der Waals surface area contributed by atoms with Gasteiger partial charge in [0.2, 0.25) is 0 Å². The van der Waals surface area contributed by atoms with Crippen molar-refractivity contribution >= 4 is 56.0 Å². The summed E-state index contributed by atoms with van der Waals surface area (Å²) in [6.45, 7) is 0. The number of halogens is 1. The lowest BCUT2D eigenvalue weighted by atomic mass is 10.3.